The molecule has 0 aliphatic carbocycles. The zero-order valence-corrected chi connectivity index (χ0v) is 12.2. The molecule has 0 radical (unpaired) electrons. The Labute approximate surface area is 116 Å². The fraction of sp³-hybridized carbons (Fsp3) is 0.625. The molecule has 2 rings (SSSR count). The van der Waals surface area contributed by atoms with Gasteiger partial charge in [0, 0.05) is 31.3 Å². The van der Waals surface area contributed by atoms with Gasteiger partial charge in [-0.05, 0) is 24.3 Å². The molecular formula is C16H25NO2. The van der Waals surface area contributed by atoms with Crippen LogP contribution in [0.3, 0.4) is 0 Å². The number of nitrogens with zero attached hydrogens (tertiary/aromatic N) is 1. The van der Waals surface area contributed by atoms with E-state index in [4.69, 9.17) is 4.74 Å². The summed E-state index contributed by atoms with van der Waals surface area (Å²) >= 11 is 0. The van der Waals surface area contributed by atoms with Crippen LogP contribution < -0.4 is 4.74 Å². The van der Waals surface area contributed by atoms with Crippen molar-refractivity contribution >= 4 is 0 Å². The standard InChI is InChI=1S/C16H25NO2/c1-4-7-19-15-6-5-14(16(18)8-15)11-17-9-12(2)13(3)10-17/h5-6,8,12-13,18H,4,7,9-11H2,1-3H3. The number of hydrogen-bond acceptors (Lipinski definition) is 3. The first-order chi connectivity index (χ1) is 9.10. The molecule has 2 atom stereocenters. The summed E-state index contributed by atoms with van der Waals surface area (Å²) < 4.78 is 5.52. The lowest BCUT2D eigenvalue weighted by Gasteiger charge is -2.17. The molecule has 3 heteroatoms. The molecule has 1 aliphatic rings. The summed E-state index contributed by atoms with van der Waals surface area (Å²) in [6, 6.07) is 5.66. The molecule has 106 valence electrons. The van der Waals surface area contributed by atoms with Gasteiger partial charge < -0.3 is 9.84 Å². The summed E-state index contributed by atoms with van der Waals surface area (Å²) in [5.74, 6) is 2.59. The minimum absolute atomic E-state index is 0.348. The minimum atomic E-state index is 0.348. The van der Waals surface area contributed by atoms with Crippen LogP contribution in [0.2, 0.25) is 0 Å². The summed E-state index contributed by atoms with van der Waals surface area (Å²) in [5, 5.41) is 10.1. The Hall–Kier alpha value is -1.22. The average molecular weight is 263 g/mol. The van der Waals surface area contributed by atoms with Crippen molar-refractivity contribution in [3.05, 3.63) is 23.8 Å². The molecule has 1 aliphatic heterocycles. The molecule has 2 unspecified atom stereocenters. The van der Waals surface area contributed by atoms with E-state index in [1.165, 1.54) is 0 Å². The lowest BCUT2D eigenvalue weighted by atomic mass is 10.0. The highest BCUT2D eigenvalue weighted by Crippen LogP contribution is 2.28. The van der Waals surface area contributed by atoms with Crippen LogP contribution in [0.1, 0.15) is 32.8 Å². The van der Waals surface area contributed by atoms with Crippen LogP contribution in [0.15, 0.2) is 18.2 Å². The zero-order chi connectivity index (χ0) is 13.8. The molecular weight excluding hydrogens is 238 g/mol. The van der Waals surface area contributed by atoms with Gasteiger partial charge in [0.15, 0.2) is 0 Å². The van der Waals surface area contributed by atoms with Gasteiger partial charge in [-0.15, -0.1) is 0 Å². The molecule has 1 aromatic rings. The van der Waals surface area contributed by atoms with Crippen molar-refractivity contribution in [2.75, 3.05) is 19.7 Å². The Morgan fingerprint density at radius 3 is 2.53 bits per heavy atom. The van der Waals surface area contributed by atoms with Gasteiger partial charge in [-0.25, -0.2) is 0 Å². The smallest absolute Gasteiger partial charge is 0.123 e. The lowest BCUT2D eigenvalue weighted by Crippen LogP contribution is -2.20. The highest BCUT2D eigenvalue weighted by atomic mass is 16.5. The van der Waals surface area contributed by atoms with E-state index in [9.17, 15) is 5.11 Å². The second-order valence-corrected chi connectivity index (χ2v) is 5.79. The van der Waals surface area contributed by atoms with Crippen LogP contribution in [0.5, 0.6) is 11.5 Å². The first kappa shape index (κ1) is 14.2. The monoisotopic (exact) mass is 263 g/mol. The van der Waals surface area contributed by atoms with Crippen LogP contribution >= 0.6 is 0 Å². The Morgan fingerprint density at radius 2 is 1.95 bits per heavy atom. The van der Waals surface area contributed by atoms with E-state index in [0.717, 1.165) is 49.2 Å². The van der Waals surface area contributed by atoms with Gasteiger partial charge in [-0.3, -0.25) is 4.90 Å². The van der Waals surface area contributed by atoms with Crippen molar-refractivity contribution < 1.29 is 9.84 Å². The maximum Gasteiger partial charge on any atom is 0.123 e. The van der Waals surface area contributed by atoms with E-state index >= 15 is 0 Å². The summed E-state index contributed by atoms with van der Waals surface area (Å²) in [5.41, 5.74) is 0.991. The second-order valence-electron chi connectivity index (χ2n) is 5.79. The molecule has 1 heterocycles. The molecule has 3 nitrogen and oxygen atoms in total. The summed E-state index contributed by atoms with van der Waals surface area (Å²) in [7, 11) is 0. The van der Waals surface area contributed by atoms with Crippen LogP contribution in [0.4, 0.5) is 0 Å². The largest absolute Gasteiger partial charge is 0.507 e. The van der Waals surface area contributed by atoms with Crippen molar-refractivity contribution in [2.24, 2.45) is 11.8 Å². The number of rotatable bonds is 5. The maximum atomic E-state index is 10.1. The predicted octanol–water partition coefficient (Wildman–Crippen LogP) is 3.27. The molecule has 1 fully saturated rings. The summed E-state index contributed by atoms with van der Waals surface area (Å²) in [4.78, 5) is 2.41. The van der Waals surface area contributed by atoms with Crippen molar-refractivity contribution in [1.82, 2.24) is 4.90 Å². The third-order valence-electron chi connectivity index (χ3n) is 3.99. The van der Waals surface area contributed by atoms with Crippen molar-refractivity contribution in [1.29, 1.82) is 0 Å². The van der Waals surface area contributed by atoms with Crippen LogP contribution in [-0.4, -0.2) is 29.7 Å². The molecule has 1 aromatic carbocycles. The molecule has 19 heavy (non-hydrogen) atoms. The molecule has 0 spiro atoms. The Balaban J connectivity index is 1.97. The third kappa shape index (κ3) is 3.63. The van der Waals surface area contributed by atoms with Crippen LogP contribution in [0, 0.1) is 11.8 Å². The number of hydrogen-bond donors (Lipinski definition) is 1. The van der Waals surface area contributed by atoms with E-state index < -0.39 is 0 Å². The van der Waals surface area contributed by atoms with Gasteiger partial charge in [0.1, 0.15) is 11.5 Å². The van der Waals surface area contributed by atoms with E-state index in [-0.39, 0.29) is 0 Å². The van der Waals surface area contributed by atoms with E-state index in [1.807, 2.05) is 12.1 Å². The maximum absolute atomic E-state index is 10.1. The van der Waals surface area contributed by atoms with Gasteiger partial charge in [0.2, 0.25) is 0 Å². The van der Waals surface area contributed by atoms with Gasteiger partial charge in [-0.1, -0.05) is 26.8 Å². The van der Waals surface area contributed by atoms with Crippen molar-refractivity contribution in [2.45, 2.75) is 33.7 Å². The van der Waals surface area contributed by atoms with Crippen LogP contribution in [-0.2, 0) is 6.54 Å². The highest BCUT2D eigenvalue weighted by Gasteiger charge is 2.26. The predicted molar refractivity (Wildman–Crippen MR) is 77.5 cm³/mol. The summed E-state index contributed by atoms with van der Waals surface area (Å²) in [6.45, 7) is 10.4. The number of aromatic hydroxyl groups is 1. The second kappa shape index (κ2) is 6.29. The number of phenols is 1. The van der Waals surface area contributed by atoms with Crippen molar-refractivity contribution in [3.63, 3.8) is 0 Å². The normalized spacial score (nSPS) is 23.7. The first-order valence-corrected chi connectivity index (χ1v) is 7.27. The Morgan fingerprint density at radius 1 is 1.26 bits per heavy atom. The fourth-order valence-corrected chi connectivity index (χ4v) is 2.61. The Bertz CT molecular complexity index is 409. The zero-order valence-electron chi connectivity index (χ0n) is 12.2. The molecule has 0 aromatic heterocycles. The number of benzene rings is 1. The fourth-order valence-electron chi connectivity index (χ4n) is 2.61. The lowest BCUT2D eigenvalue weighted by molar-refractivity contribution is 0.304. The van der Waals surface area contributed by atoms with E-state index in [1.54, 1.807) is 6.07 Å². The first-order valence-electron chi connectivity index (χ1n) is 7.27. The summed E-state index contributed by atoms with van der Waals surface area (Å²) in [6.07, 6.45) is 0.978. The van der Waals surface area contributed by atoms with Gasteiger partial charge in [0.25, 0.3) is 0 Å². The molecule has 0 saturated carbocycles. The Kier molecular flexibility index (Phi) is 4.70. The SMILES string of the molecule is CCCOc1ccc(CN2CC(C)C(C)C2)c(O)c1. The topological polar surface area (TPSA) is 32.7 Å². The average Bonchev–Trinajstić information content (AvgIpc) is 2.69. The third-order valence-corrected chi connectivity index (χ3v) is 3.99. The number of likely N-dealkylation sites (tertiary alicyclic amines) is 1. The number of ether oxygens (including phenoxy) is 1. The van der Waals surface area contributed by atoms with Gasteiger partial charge >= 0.3 is 0 Å². The molecule has 1 N–H and O–H groups in total. The van der Waals surface area contributed by atoms with E-state index in [2.05, 4.69) is 25.7 Å². The number of phenolic OH excluding ortho intramolecular Hbond substituents is 1. The van der Waals surface area contributed by atoms with Crippen LogP contribution in [0.25, 0.3) is 0 Å². The highest BCUT2D eigenvalue weighted by molar-refractivity contribution is 5.39. The van der Waals surface area contributed by atoms with E-state index in [0.29, 0.717) is 12.4 Å². The minimum Gasteiger partial charge on any atom is -0.507 e. The quantitative estimate of drug-likeness (QED) is 0.885. The van der Waals surface area contributed by atoms with Gasteiger partial charge in [0.05, 0.1) is 6.61 Å². The molecule has 0 amide bonds. The molecule has 1 saturated heterocycles. The van der Waals surface area contributed by atoms with Gasteiger partial charge in [-0.2, -0.15) is 0 Å². The van der Waals surface area contributed by atoms with Crippen molar-refractivity contribution in [3.8, 4) is 11.5 Å². The molecule has 0 bridgehead atoms.